The highest BCUT2D eigenvalue weighted by molar-refractivity contribution is 5.33. The van der Waals surface area contributed by atoms with Gasteiger partial charge < -0.3 is 14.8 Å². The predicted octanol–water partition coefficient (Wildman–Crippen LogP) is 2.07. The third-order valence-electron chi connectivity index (χ3n) is 2.07. The van der Waals surface area contributed by atoms with Crippen molar-refractivity contribution in [1.82, 2.24) is 5.32 Å². The van der Waals surface area contributed by atoms with Crippen LogP contribution in [0.25, 0.3) is 0 Å². The van der Waals surface area contributed by atoms with Gasteiger partial charge >= 0.3 is 0 Å². The monoisotopic (exact) mass is 245 g/mol. The number of hydrogen-bond acceptors (Lipinski definition) is 3. The lowest BCUT2D eigenvalue weighted by atomic mass is 10.2. The van der Waals surface area contributed by atoms with Crippen LogP contribution in [0.4, 0.5) is 8.78 Å². The molecule has 0 aromatic heterocycles. The number of benzene rings is 1. The Hall–Kier alpha value is -1.20. The molecule has 0 atom stereocenters. The Balaban J connectivity index is 2.30. The number of para-hydroxylation sites is 1. The van der Waals surface area contributed by atoms with E-state index in [4.69, 9.17) is 9.47 Å². The molecule has 1 rings (SSSR count). The highest BCUT2D eigenvalue weighted by Crippen LogP contribution is 2.17. The zero-order valence-electron chi connectivity index (χ0n) is 9.79. The van der Waals surface area contributed by atoms with Crippen molar-refractivity contribution < 1.29 is 18.3 Å². The molecule has 0 saturated heterocycles. The summed E-state index contributed by atoms with van der Waals surface area (Å²) in [6.45, 7) is 0.598. The molecule has 1 aromatic rings. The molecule has 0 saturated carbocycles. The summed E-state index contributed by atoms with van der Waals surface area (Å²) in [4.78, 5) is 0. The summed E-state index contributed by atoms with van der Waals surface area (Å²) < 4.78 is 33.7. The van der Waals surface area contributed by atoms with Crippen LogP contribution in [-0.4, -0.2) is 33.3 Å². The first kappa shape index (κ1) is 13.9. The molecule has 0 heterocycles. The minimum Gasteiger partial charge on any atom is -0.491 e. The van der Waals surface area contributed by atoms with Crippen LogP contribution in [0.3, 0.4) is 0 Å². The fraction of sp³-hybridized carbons (Fsp3) is 0.500. The zero-order valence-corrected chi connectivity index (χ0v) is 9.79. The summed E-state index contributed by atoms with van der Waals surface area (Å²) in [6, 6.07) is 7.59. The number of rotatable bonds is 8. The molecule has 17 heavy (non-hydrogen) atoms. The van der Waals surface area contributed by atoms with E-state index in [0.29, 0.717) is 6.54 Å². The summed E-state index contributed by atoms with van der Waals surface area (Å²) in [5.74, 6) is 0.752. The van der Waals surface area contributed by atoms with Crippen molar-refractivity contribution in [2.75, 3.05) is 26.9 Å². The molecule has 0 aliphatic carbocycles. The third-order valence-corrected chi connectivity index (χ3v) is 2.07. The van der Waals surface area contributed by atoms with Crippen LogP contribution >= 0.6 is 0 Å². The smallest absolute Gasteiger partial charge is 0.261 e. The van der Waals surface area contributed by atoms with Gasteiger partial charge in [-0.15, -0.1) is 0 Å². The van der Waals surface area contributed by atoms with E-state index < -0.39 is 13.0 Å². The maximum Gasteiger partial charge on any atom is 0.261 e. The van der Waals surface area contributed by atoms with E-state index in [-0.39, 0.29) is 13.2 Å². The molecule has 0 radical (unpaired) electrons. The Morgan fingerprint density at radius 3 is 2.71 bits per heavy atom. The predicted molar refractivity (Wildman–Crippen MR) is 61.5 cm³/mol. The van der Waals surface area contributed by atoms with Crippen LogP contribution in [0.15, 0.2) is 24.3 Å². The van der Waals surface area contributed by atoms with Crippen molar-refractivity contribution in [3.05, 3.63) is 29.8 Å². The van der Waals surface area contributed by atoms with E-state index in [0.717, 1.165) is 11.3 Å². The minimum absolute atomic E-state index is 0.165. The molecule has 0 unspecified atom stereocenters. The SMILES string of the molecule is CNCc1ccccc1OCCOCC(F)F. The van der Waals surface area contributed by atoms with Crippen molar-refractivity contribution in [3.63, 3.8) is 0 Å². The molecule has 0 aliphatic rings. The lowest BCUT2D eigenvalue weighted by Crippen LogP contribution is -2.13. The number of ether oxygens (including phenoxy) is 2. The van der Waals surface area contributed by atoms with Gasteiger partial charge in [-0.3, -0.25) is 0 Å². The van der Waals surface area contributed by atoms with Gasteiger partial charge in [0.25, 0.3) is 6.43 Å². The zero-order chi connectivity index (χ0) is 12.5. The molecular formula is C12H17F2NO2. The normalized spacial score (nSPS) is 10.8. The van der Waals surface area contributed by atoms with Gasteiger partial charge in [0.15, 0.2) is 0 Å². The Morgan fingerprint density at radius 1 is 1.24 bits per heavy atom. The van der Waals surface area contributed by atoms with Crippen LogP contribution in [0.2, 0.25) is 0 Å². The van der Waals surface area contributed by atoms with E-state index in [1.165, 1.54) is 0 Å². The molecule has 0 spiro atoms. The third kappa shape index (κ3) is 5.60. The molecule has 3 nitrogen and oxygen atoms in total. The van der Waals surface area contributed by atoms with Crippen LogP contribution in [-0.2, 0) is 11.3 Å². The Bertz CT molecular complexity index is 321. The molecule has 1 N–H and O–H groups in total. The molecule has 0 bridgehead atoms. The van der Waals surface area contributed by atoms with Gasteiger partial charge in [-0.2, -0.15) is 0 Å². The summed E-state index contributed by atoms with van der Waals surface area (Å²) in [6.07, 6.45) is -2.42. The number of halogens is 2. The summed E-state index contributed by atoms with van der Waals surface area (Å²) in [7, 11) is 1.85. The second-order valence-electron chi connectivity index (χ2n) is 3.45. The molecular weight excluding hydrogens is 228 g/mol. The fourth-order valence-electron chi connectivity index (χ4n) is 1.36. The summed E-state index contributed by atoms with van der Waals surface area (Å²) in [5.41, 5.74) is 1.03. The molecule has 0 fully saturated rings. The maximum atomic E-state index is 11.8. The summed E-state index contributed by atoms with van der Waals surface area (Å²) >= 11 is 0. The van der Waals surface area contributed by atoms with E-state index >= 15 is 0 Å². The lowest BCUT2D eigenvalue weighted by molar-refractivity contribution is 0.00754. The highest BCUT2D eigenvalue weighted by Gasteiger charge is 2.03. The van der Waals surface area contributed by atoms with Crippen molar-refractivity contribution >= 4 is 0 Å². The Morgan fingerprint density at radius 2 is 2.00 bits per heavy atom. The first-order valence-electron chi connectivity index (χ1n) is 5.45. The van der Waals surface area contributed by atoms with Crippen molar-refractivity contribution in [2.24, 2.45) is 0 Å². The average molecular weight is 245 g/mol. The number of alkyl halides is 2. The first-order chi connectivity index (χ1) is 8.24. The quantitative estimate of drug-likeness (QED) is 0.711. The standard InChI is InChI=1S/C12H17F2NO2/c1-15-8-10-4-2-3-5-11(10)17-7-6-16-9-12(13)14/h2-5,12,15H,6-9H2,1H3. The molecule has 1 aromatic carbocycles. The van der Waals surface area contributed by atoms with Gasteiger partial charge in [0.05, 0.1) is 6.61 Å². The van der Waals surface area contributed by atoms with E-state index in [1.807, 2.05) is 31.3 Å². The lowest BCUT2D eigenvalue weighted by Gasteiger charge is -2.11. The van der Waals surface area contributed by atoms with Gasteiger partial charge in [0.2, 0.25) is 0 Å². The van der Waals surface area contributed by atoms with E-state index in [1.54, 1.807) is 0 Å². The van der Waals surface area contributed by atoms with Crippen molar-refractivity contribution in [3.8, 4) is 5.75 Å². The molecule has 0 aliphatic heterocycles. The van der Waals surface area contributed by atoms with Crippen molar-refractivity contribution in [1.29, 1.82) is 0 Å². The average Bonchev–Trinajstić information content (AvgIpc) is 2.31. The number of hydrogen-bond donors (Lipinski definition) is 1. The fourth-order valence-corrected chi connectivity index (χ4v) is 1.36. The second kappa shape index (κ2) is 7.97. The van der Waals surface area contributed by atoms with Gasteiger partial charge in [-0.05, 0) is 13.1 Å². The Kier molecular flexibility index (Phi) is 6.50. The summed E-state index contributed by atoms with van der Waals surface area (Å²) in [5, 5.41) is 3.03. The highest BCUT2D eigenvalue weighted by atomic mass is 19.3. The Labute approximate surface area is 99.7 Å². The molecule has 0 amide bonds. The molecule has 96 valence electrons. The largest absolute Gasteiger partial charge is 0.491 e. The van der Waals surface area contributed by atoms with Crippen molar-refractivity contribution in [2.45, 2.75) is 13.0 Å². The maximum absolute atomic E-state index is 11.8. The molecule has 5 heteroatoms. The minimum atomic E-state index is -2.42. The van der Waals surface area contributed by atoms with Crippen LogP contribution < -0.4 is 10.1 Å². The van der Waals surface area contributed by atoms with Gasteiger partial charge in [-0.1, -0.05) is 18.2 Å². The number of nitrogens with one attached hydrogen (secondary N) is 1. The van der Waals surface area contributed by atoms with E-state index in [2.05, 4.69) is 5.32 Å². The van der Waals surface area contributed by atoms with Gasteiger partial charge in [0, 0.05) is 12.1 Å². The van der Waals surface area contributed by atoms with Crippen LogP contribution in [0.5, 0.6) is 5.75 Å². The van der Waals surface area contributed by atoms with Gasteiger partial charge in [-0.25, -0.2) is 8.78 Å². The second-order valence-corrected chi connectivity index (χ2v) is 3.45. The topological polar surface area (TPSA) is 30.5 Å². The van der Waals surface area contributed by atoms with Crippen LogP contribution in [0, 0.1) is 0 Å². The van der Waals surface area contributed by atoms with Crippen LogP contribution in [0.1, 0.15) is 5.56 Å². The van der Waals surface area contributed by atoms with E-state index in [9.17, 15) is 8.78 Å². The first-order valence-corrected chi connectivity index (χ1v) is 5.45. The van der Waals surface area contributed by atoms with Gasteiger partial charge in [0.1, 0.15) is 19.0 Å².